The first-order valence-corrected chi connectivity index (χ1v) is 10.2. The topological polar surface area (TPSA) is 91.8 Å². The van der Waals surface area contributed by atoms with Gasteiger partial charge in [-0.15, -0.1) is 0 Å². The van der Waals surface area contributed by atoms with Gasteiger partial charge in [-0.05, 0) is 56.3 Å². The van der Waals surface area contributed by atoms with E-state index in [1.165, 1.54) is 0 Å². The minimum Gasteiger partial charge on any atom is -0.366 e. The molecule has 5 rings (SSSR count). The summed E-state index contributed by atoms with van der Waals surface area (Å²) in [6.45, 7) is 2.06. The Morgan fingerprint density at radius 3 is 2.66 bits per heavy atom. The van der Waals surface area contributed by atoms with Crippen molar-refractivity contribution in [2.24, 2.45) is 5.92 Å². The normalized spacial score (nSPS) is 17.2. The maximum absolute atomic E-state index is 12.0. The molecule has 1 aliphatic carbocycles. The van der Waals surface area contributed by atoms with Crippen LogP contribution in [0.5, 0.6) is 0 Å². The summed E-state index contributed by atoms with van der Waals surface area (Å²) in [6.07, 6.45) is 9.48. The van der Waals surface area contributed by atoms with Gasteiger partial charge in [0.25, 0.3) is 0 Å². The number of carbonyl (C=O) groups excluding carboxylic acids is 1. The maximum atomic E-state index is 12.0. The Balaban J connectivity index is 1.38. The molecule has 1 aromatic carbocycles. The molecule has 3 aromatic rings. The molecule has 0 bridgehead atoms. The SMILES string of the molecule is O=C(Nc1cc2cc(-c3cncc(NC4CCNCC4)n3)ccc2cn1)C1CC1. The predicted octanol–water partition coefficient (Wildman–Crippen LogP) is 3.20. The van der Waals surface area contributed by atoms with Crippen LogP contribution in [0.15, 0.2) is 42.9 Å². The van der Waals surface area contributed by atoms with Crippen LogP contribution in [0.2, 0.25) is 0 Å². The molecule has 7 nitrogen and oxygen atoms in total. The van der Waals surface area contributed by atoms with E-state index in [1.54, 1.807) is 18.6 Å². The zero-order valence-corrected chi connectivity index (χ0v) is 16.2. The molecular formula is C22H24N6O. The fourth-order valence-corrected chi connectivity index (χ4v) is 3.69. The lowest BCUT2D eigenvalue weighted by atomic mass is 10.1. The lowest BCUT2D eigenvalue weighted by Crippen LogP contribution is -2.35. The van der Waals surface area contributed by atoms with Crippen LogP contribution >= 0.6 is 0 Å². The Kier molecular flexibility index (Phi) is 4.81. The molecule has 1 saturated heterocycles. The van der Waals surface area contributed by atoms with E-state index < -0.39 is 0 Å². The lowest BCUT2D eigenvalue weighted by Gasteiger charge is -2.24. The highest BCUT2D eigenvalue weighted by atomic mass is 16.2. The van der Waals surface area contributed by atoms with Gasteiger partial charge in [0, 0.05) is 29.1 Å². The number of anilines is 2. The summed E-state index contributed by atoms with van der Waals surface area (Å²) in [5.41, 5.74) is 1.82. The van der Waals surface area contributed by atoms with Crippen LogP contribution in [0.3, 0.4) is 0 Å². The summed E-state index contributed by atoms with van der Waals surface area (Å²) in [4.78, 5) is 25.5. The fraction of sp³-hybridized carbons (Fsp3) is 0.364. The summed E-state index contributed by atoms with van der Waals surface area (Å²) in [5.74, 6) is 1.63. The molecular weight excluding hydrogens is 364 g/mol. The molecule has 3 N–H and O–H groups in total. The minimum absolute atomic E-state index is 0.0653. The quantitative estimate of drug-likeness (QED) is 0.622. The van der Waals surface area contributed by atoms with Crippen molar-refractivity contribution in [2.45, 2.75) is 31.7 Å². The number of carbonyl (C=O) groups is 1. The van der Waals surface area contributed by atoms with Crippen molar-refractivity contribution in [2.75, 3.05) is 23.7 Å². The minimum atomic E-state index is 0.0653. The number of pyridine rings is 1. The first kappa shape index (κ1) is 18.0. The molecule has 0 spiro atoms. The van der Waals surface area contributed by atoms with Crippen molar-refractivity contribution in [1.29, 1.82) is 0 Å². The number of piperidine rings is 1. The summed E-state index contributed by atoms with van der Waals surface area (Å²) >= 11 is 0. The number of hydrogen-bond acceptors (Lipinski definition) is 6. The summed E-state index contributed by atoms with van der Waals surface area (Å²) in [5, 5.41) is 11.8. The number of hydrogen-bond donors (Lipinski definition) is 3. The summed E-state index contributed by atoms with van der Waals surface area (Å²) in [6, 6.07) is 8.48. The van der Waals surface area contributed by atoms with Crippen LogP contribution in [-0.4, -0.2) is 40.0 Å². The molecule has 3 heterocycles. The van der Waals surface area contributed by atoms with E-state index in [1.807, 2.05) is 18.2 Å². The Morgan fingerprint density at radius 1 is 0.966 bits per heavy atom. The second kappa shape index (κ2) is 7.75. The second-order valence-corrected chi connectivity index (χ2v) is 7.85. The van der Waals surface area contributed by atoms with Gasteiger partial charge in [0.15, 0.2) is 0 Å². The lowest BCUT2D eigenvalue weighted by molar-refractivity contribution is -0.117. The third kappa shape index (κ3) is 4.19. The molecule has 2 aliphatic rings. The van der Waals surface area contributed by atoms with Crippen LogP contribution < -0.4 is 16.0 Å². The highest BCUT2D eigenvalue weighted by Gasteiger charge is 2.29. The molecule has 1 amide bonds. The van der Waals surface area contributed by atoms with Crippen molar-refractivity contribution in [3.8, 4) is 11.3 Å². The number of nitrogens with zero attached hydrogens (tertiary/aromatic N) is 3. The van der Waals surface area contributed by atoms with Gasteiger partial charge < -0.3 is 16.0 Å². The second-order valence-electron chi connectivity index (χ2n) is 7.85. The molecule has 29 heavy (non-hydrogen) atoms. The number of amides is 1. The van der Waals surface area contributed by atoms with Gasteiger partial charge in [-0.1, -0.05) is 12.1 Å². The molecule has 2 fully saturated rings. The smallest absolute Gasteiger partial charge is 0.228 e. The monoisotopic (exact) mass is 388 g/mol. The third-order valence-corrected chi connectivity index (χ3v) is 5.54. The van der Waals surface area contributed by atoms with Gasteiger partial charge >= 0.3 is 0 Å². The molecule has 148 valence electrons. The largest absolute Gasteiger partial charge is 0.366 e. The number of rotatable bonds is 5. The van der Waals surface area contributed by atoms with Gasteiger partial charge in [0.05, 0.1) is 18.1 Å². The number of nitrogens with one attached hydrogen (secondary N) is 3. The molecule has 2 aromatic heterocycles. The standard InChI is InChI=1S/C22H24N6O/c29-22(14-1-2-14)28-20-10-17-9-15(3-4-16(17)11-25-20)19-12-24-13-21(27-19)26-18-5-7-23-8-6-18/h3-4,9-14,18,23H,1-2,5-8H2,(H,26,27)(H,25,28,29). The van der Waals surface area contributed by atoms with E-state index in [0.29, 0.717) is 11.9 Å². The number of fused-ring (bicyclic) bond motifs is 1. The number of aromatic nitrogens is 3. The average Bonchev–Trinajstić information content (AvgIpc) is 3.60. The van der Waals surface area contributed by atoms with Crippen LogP contribution in [-0.2, 0) is 4.79 Å². The van der Waals surface area contributed by atoms with Crippen molar-refractivity contribution in [3.63, 3.8) is 0 Å². The van der Waals surface area contributed by atoms with Gasteiger partial charge in [0.1, 0.15) is 11.6 Å². The first-order valence-electron chi connectivity index (χ1n) is 10.2. The van der Waals surface area contributed by atoms with Crippen molar-refractivity contribution >= 4 is 28.3 Å². The van der Waals surface area contributed by atoms with Crippen molar-refractivity contribution < 1.29 is 4.79 Å². The Bertz CT molecular complexity index is 1040. The highest BCUT2D eigenvalue weighted by molar-refractivity contribution is 5.95. The average molecular weight is 388 g/mol. The first-order chi connectivity index (χ1) is 14.2. The Hall–Kier alpha value is -3.06. The van der Waals surface area contributed by atoms with E-state index in [0.717, 1.165) is 66.6 Å². The maximum Gasteiger partial charge on any atom is 0.228 e. The van der Waals surface area contributed by atoms with Crippen LogP contribution in [0.25, 0.3) is 22.0 Å². The molecule has 1 aliphatic heterocycles. The third-order valence-electron chi connectivity index (χ3n) is 5.54. The fourth-order valence-electron chi connectivity index (χ4n) is 3.69. The van der Waals surface area contributed by atoms with E-state index in [9.17, 15) is 4.79 Å². The van der Waals surface area contributed by atoms with Crippen LogP contribution in [0.1, 0.15) is 25.7 Å². The van der Waals surface area contributed by atoms with Crippen LogP contribution in [0, 0.1) is 5.92 Å². The molecule has 0 atom stereocenters. The van der Waals surface area contributed by atoms with E-state index in [2.05, 4.69) is 32.0 Å². The van der Waals surface area contributed by atoms with E-state index in [4.69, 9.17) is 4.98 Å². The van der Waals surface area contributed by atoms with Gasteiger partial charge in [-0.3, -0.25) is 9.78 Å². The van der Waals surface area contributed by atoms with Crippen molar-refractivity contribution in [1.82, 2.24) is 20.3 Å². The van der Waals surface area contributed by atoms with Crippen molar-refractivity contribution in [3.05, 3.63) is 42.9 Å². The molecule has 1 saturated carbocycles. The highest BCUT2D eigenvalue weighted by Crippen LogP contribution is 2.30. The van der Waals surface area contributed by atoms with Crippen LogP contribution in [0.4, 0.5) is 11.6 Å². The Morgan fingerprint density at radius 2 is 1.83 bits per heavy atom. The Labute approximate surface area is 169 Å². The summed E-state index contributed by atoms with van der Waals surface area (Å²) < 4.78 is 0. The van der Waals surface area contributed by atoms with E-state index >= 15 is 0 Å². The predicted molar refractivity (Wildman–Crippen MR) is 114 cm³/mol. The zero-order valence-electron chi connectivity index (χ0n) is 16.2. The zero-order chi connectivity index (χ0) is 19.6. The van der Waals surface area contributed by atoms with Gasteiger partial charge in [0.2, 0.25) is 5.91 Å². The number of benzene rings is 1. The van der Waals surface area contributed by atoms with Gasteiger partial charge in [-0.2, -0.15) is 0 Å². The van der Waals surface area contributed by atoms with E-state index in [-0.39, 0.29) is 11.8 Å². The van der Waals surface area contributed by atoms with Gasteiger partial charge in [-0.25, -0.2) is 9.97 Å². The summed E-state index contributed by atoms with van der Waals surface area (Å²) in [7, 11) is 0. The molecule has 7 heteroatoms. The molecule has 0 unspecified atom stereocenters. The molecule has 0 radical (unpaired) electrons.